The Morgan fingerprint density at radius 2 is 2.00 bits per heavy atom. The predicted molar refractivity (Wildman–Crippen MR) is 82.9 cm³/mol. The second-order valence-electron chi connectivity index (χ2n) is 5.32. The predicted octanol–water partition coefficient (Wildman–Crippen LogP) is 3.03. The van der Waals surface area contributed by atoms with Crippen molar-refractivity contribution in [2.75, 3.05) is 5.32 Å². The summed E-state index contributed by atoms with van der Waals surface area (Å²) < 4.78 is 1.05. The van der Waals surface area contributed by atoms with Crippen molar-refractivity contribution in [2.45, 2.75) is 26.8 Å². The molecule has 0 unspecified atom stereocenters. The van der Waals surface area contributed by atoms with Crippen LogP contribution in [0.1, 0.15) is 20.8 Å². The van der Waals surface area contributed by atoms with E-state index in [4.69, 9.17) is 5.73 Å². The molecule has 6 heteroatoms. The number of carbonyl (C=O) groups excluding carboxylic acids is 1. The van der Waals surface area contributed by atoms with Gasteiger partial charge in [-0.05, 0) is 17.5 Å². The Bertz CT molecular complexity index is 544. The van der Waals surface area contributed by atoms with Gasteiger partial charge in [-0.1, -0.05) is 44.2 Å². The molecular weight excluding hydrogens is 282 g/mol. The molecule has 104 valence electrons. The van der Waals surface area contributed by atoms with E-state index in [1.165, 1.54) is 11.3 Å². The molecular formula is C13H18ClN3OS. The number of nitrogens with zero attached hydrogens (tertiary/aromatic N) is 1. The van der Waals surface area contributed by atoms with Crippen molar-refractivity contribution in [1.82, 2.24) is 4.98 Å². The summed E-state index contributed by atoms with van der Waals surface area (Å²) in [6, 6.07) is 7.23. The number of aromatic nitrogens is 1. The van der Waals surface area contributed by atoms with Crippen LogP contribution >= 0.6 is 23.7 Å². The summed E-state index contributed by atoms with van der Waals surface area (Å²) in [7, 11) is 0. The van der Waals surface area contributed by atoms with Gasteiger partial charge in [0.05, 0.1) is 16.3 Å². The minimum absolute atomic E-state index is 0. The number of nitrogens with one attached hydrogen (secondary N) is 1. The van der Waals surface area contributed by atoms with Crippen molar-refractivity contribution in [2.24, 2.45) is 11.1 Å². The van der Waals surface area contributed by atoms with Crippen LogP contribution in [0.3, 0.4) is 0 Å². The Morgan fingerprint density at radius 1 is 1.37 bits per heavy atom. The zero-order valence-electron chi connectivity index (χ0n) is 11.1. The maximum atomic E-state index is 12.0. The maximum absolute atomic E-state index is 12.0. The highest BCUT2D eigenvalue weighted by atomic mass is 35.5. The summed E-state index contributed by atoms with van der Waals surface area (Å²) in [6.07, 6.45) is 0. The molecule has 0 saturated carbocycles. The molecule has 2 rings (SSSR count). The summed E-state index contributed by atoms with van der Waals surface area (Å²) >= 11 is 1.46. The van der Waals surface area contributed by atoms with Gasteiger partial charge in [-0.3, -0.25) is 4.79 Å². The van der Waals surface area contributed by atoms with E-state index in [0.29, 0.717) is 5.13 Å². The number of anilines is 1. The van der Waals surface area contributed by atoms with Gasteiger partial charge in [0.15, 0.2) is 5.13 Å². The summed E-state index contributed by atoms with van der Waals surface area (Å²) in [5, 5.41) is 3.38. The Hall–Kier alpha value is -1.17. The quantitative estimate of drug-likeness (QED) is 0.895. The van der Waals surface area contributed by atoms with E-state index in [0.717, 1.165) is 10.2 Å². The van der Waals surface area contributed by atoms with E-state index in [2.05, 4.69) is 10.3 Å². The molecule has 0 aliphatic carbocycles. The van der Waals surface area contributed by atoms with Gasteiger partial charge in [0, 0.05) is 0 Å². The molecule has 0 radical (unpaired) electrons. The van der Waals surface area contributed by atoms with Crippen LogP contribution in [0.4, 0.5) is 5.13 Å². The Labute approximate surface area is 122 Å². The van der Waals surface area contributed by atoms with Gasteiger partial charge in [0.2, 0.25) is 5.91 Å². The molecule has 0 fully saturated rings. The van der Waals surface area contributed by atoms with Gasteiger partial charge < -0.3 is 11.1 Å². The van der Waals surface area contributed by atoms with Crippen LogP contribution < -0.4 is 11.1 Å². The van der Waals surface area contributed by atoms with Gasteiger partial charge in [-0.2, -0.15) is 0 Å². The van der Waals surface area contributed by atoms with Crippen molar-refractivity contribution in [3.63, 3.8) is 0 Å². The van der Waals surface area contributed by atoms with Crippen molar-refractivity contribution >= 4 is 45.0 Å². The molecule has 19 heavy (non-hydrogen) atoms. The molecule has 2 aromatic rings. The number of fused-ring (bicyclic) bond motifs is 1. The average Bonchev–Trinajstić information content (AvgIpc) is 2.68. The standard InChI is InChI=1S/C13H17N3OS.ClH/c1-13(2,3)10(14)11(17)16-12-15-8-6-4-5-7-9(8)18-12;/h4-7,10H,14H2,1-3H3,(H,15,16,17);1H/t10-;/m1./s1. The first-order chi connectivity index (χ1) is 8.38. The molecule has 0 saturated heterocycles. The number of hydrogen-bond acceptors (Lipinski definition) is 4. The van der Waals surface area contributed by atoms with E-state index in [-0.39, 0.29) is 23.7 Å². The van der Waals surface area contributed by atoms with Crippen LogP contribution in [0.5, 0.6) is 0 Å². The fourth-order valence-corrected chi connectivity index (χ4v) is 2.37. The number of hydrogen-bond donors (Lipinski definition) is 2. The van der Waals surface area contributed by atoms with E-state index in [1.54, 1.807) is 0 Å². The van der Waals surface area contributed by atoms with Crippen molar-refractivity contribution < 1.29 is 4.79 Å². The Balaban J connectivity index is 0.00000180. The normalized spacial score (nSPS) is 12.8. The number of benzene rings is 1. The van der Waals surface area contributed by atoms with Crippen LogP contribution in [0.15, 0.2) is 24.3 Å². The highest BCUT2D eigenvalue weighted by molar-refractivity contribution is 7.22. The number of amides is 1. The molecule has 0 bridgehead atoms. The van der Waals surface area contributed by atoms with Crippen molar-refractivity contribution in [3.05, 3.63) is 24.3 Å². The van der Waals surface area contributed by atoms with Crippen LogP contribution in [-0.2, 0) is 4.79 Å². The lowest BCUT2D eigenvalue weighted by Crippen LogP contribution is -2.45. The summed E-state index contributed by atoms with van der Waals surface area (Å²) in [5.74, 6) is -0.193. The molecule has 1 amide bonds. The maximum Gasteiger partial charge on any atom is 0.243 e. The fraction of sp³-hybridized carbons (Fsp3) is 0.385. The largest absolute Gasteiger partial charge is 0.319 e. The number of nitrogens with two attached hydrogens (primary N) is 1. The van der Waals surface area contributed by atoms with Crippen LogP contribution in [-0.4, -0.2) is 16.9 Å². The smallest absolute Gasteiger partial charge is 0.243 e. The molecule has 3 N–H and O–H groups in total. The van der Waals surface area contributed by atoms with E-state index < -0.39 is 6.04 Å². The van der Waals surface area contributed by atoms with Crippen LogP contribution in [0.25, 0.3) is 10.2 Å². The van der Waals surface area contributed by atoms with Crippen LogP contribution in [0, 0.1) is 5.41 Å². The molecule has 4 nitrogen and oxygen atoms in total. The number of carbonyl (C=O) groups is 1. The van der Waals surface area contributed by atoms with Gasteiger partial charge in [0.1, 0.15) is 0 Å². The molecule has 0 aliphatic heterocycles. The molecule has 0 aliphatic rings. The second-order valence-corrected chi connectivity index (χ2v) is 6.35. The van der Waals surface area contributed by atoms with Crippen LogP contribution in [0.2, 0.25) is 0 Å². The number of para-hydroxylation sites is 1. The number of rotatable bonds is 2. The Morgan fingerprint density at radius 3 is 2.58 bits per heavy atom. The minimum Gasteiger partial charge on any atom is -0.319 e. The number of halogens is 1. The third-order valence-electron chi connectivity index (χ3n) is 2.74. The lowest BCUT2D eigenvalue weighted by atomic mass is 9.87. The first-order valence-electron chi connectivity index (χ1n) is 5.80. The van der Waals surface area contributed by atoms with Gasteiger partial charge in [-0.15, -0.1) is 12.4 Å². The summed E-state index contributed by atoms with van der Waals surface area (Å²) in [4.78, 5) is 16.3. The molecule has 1 heterocycles. The Kier molecular flexibility index (Phi) is 4.90. The fourth-order valence-electron chi connectivity index (χ4n) is 1.50. The third-order valence-corrected chi connectivity index (χ3v) is 3.69. The van der Waals surface area contributed by atoms with E-state index in [1.807, 2.05) is 45.0 Å². The van der Waals surface area contributed by atoms with Crippen molar-refractivity contribution in [1.29, 1.82) is 0 Å². The van der Waals surface area contributed by atoms with Gasteiger partial charge >= 0.3 is 0 Å². The monoisotopic (exact) mass is 299 g/mol. The van der Waals surface area contributed by atoms with Gasteiger partial charge in [-0.25, -0.2) is 4.98 Å². The second kappa shape index (κ2) is 5.86. The SMILES string of the molecule is CC(C)(C)[C@H](N)C(=O)Nc1nc2ccccc2s1.Cl. The molecule has 1 atom stereocenters. The van der Waals surface area contributed by atoms with E-state index in [9.17, 15) is 4.79 Å². The topological polar surface area (TPSA) is 68.0 Å². The first kappa shape index (κ1) is 15.9. The lowest BCUT2D eigenvalue weighted by molar-refractivity contribution is -0.119. The van der Waals surface area contributed by atoms with Gasteiger partial charge in [0.25, 0.3) is 0 Å². The lowest BCUT2D eigenvalue weighted by Gasteiger charge is -2.25. The van der Waals surface area contributed by atoms with Crippen molar-refractivity contribution in [3.8, 4) is 0 Å². The van der Waals surface area contributed by atoms with E-state index >= 15 is 0 Å². The third kappa shape index (κ3) is 3.65. The summed E-state index contributed by atoms with van der Waals surface area (Å²) in [6.45, 7) is 5.82. The minimum atomic E-state index is -0.551. The zero-order valence-corrected chi connectivity index (χ0v) is 12.8. The molecule has 0 spiro atoms. The zero-order chi connectivity index (χ0) is 13.3. The summed E-state index contributed by atoms with van der Waals surface area (Å²) in [5.41, 5.74) is 6.53. The number of thiazole rings is 1. The first-order valence-corrected chi connectivity index (χ1v) is 6.61. The highest BCUT2D eigenvalue weighted by Crippen LogP contribution is 2.26. The molecule has 1 aromatic carbocycles. The molecule has 1 aromatic heterocycles. The highest BCUT2D eigenvalue weighted by Gasteiger charge is 2.27. The average molecular weight is 300 g/mol.